The number of ether oxygens (including phenoxy) is 3. The van der Waals surface area contributed by atoms with Crippen LogP contribution < -0.4 is 19.1 Å². The van der Waals surface area contributed by atoms with E-state index in [0.29, 0.717) is 13.0 Å². The third kappa shape index (κ3) is 5.66. The van der Waals surface area contributed by atoms with E-state index in [1.807, 2.05) is 30.3 Å². The lowest BCUT2D eigenvalue weighted by atomic mass is 9.95. The molecule has 0 bridgehead atoms. The molecule has 0 saturated carbocycles. The molecule has 0 aliphatic carbocycles. The molecule has 1 atom stereocenters. The van der Waals surface area contributed by atoms with E-state index in [9.17, 15) is 4.79 Å². The molecule has 174 valence electrons. The average molecular weight is 467 g/mol. The van der Waals surface area contributed by atoms with Gasteiger partial charge in [0.15, 0.2) is 5.78 Å². The van der Waals surface area contributed by atoms with E-state index >= 15 is 0 Å². The fraction of sp³-hybridized carbons (Fsp3) is 0.385. The summed E-state index contributed by atoms with van der Waals surface area (Å²) in [4.78, 5) is 19.3. The number of methoxy groups -OCH3 is 1. The van der Waals surface area contributed by atoms with Crippen LogP contribution in [-0.2, 0) is 0 Å². The van der Waals surface area contributed by atoms with E-state index in [1.165, 1.54) is 11.3 Å². The van der Waals surface area contributed by atoms with E-state index < -0.39 is 0 Å². The van der Waals surface area contributed by atoms with Crippen LogP contribution in [0.5, 0.6) is 17.2 Å². The second kappa shape index (κ2) is 10.7. The first-order valence-electron chi connectivity index (χ1n) is 11.3. The predicted octanol–water partition coefficient (Wildman–Crippen LogP) is 5.58. The Balaban J connectivity index is 1.28. The molecule has 1 saturated heterocycles. The number of nitrogens with zero attached hydrogens (tertiary/aromatic N) is 2. The van der Waals surface area contributed by atoms with Gasteiger partial charge in [0.2, 0.25) is 0 Å². The van der Waals surface area contributed by atoms with E-state index in [2.05, 4.69) is 35.9 Å². The molecule has 0 unspecified atom stereocenters. The monoisotopic (exact) mass is 466 g/mol. The molecule has 1 aliphatic heterocycles. The van der Waals surface area contributed by atoms with Crippen LogP contribution in [0, 0.1) is 0 Å². The molecular formula is C26H30N2O4S. The summed E-state index contributed by atoms with van der Waals surface area (Å²) in [5, 5.41) is 0. The van der Waals surface area contributed by atoms with E-state index in [1.54, 1.807) is 18.8 Å². The second-order valence-electron chi connectivity index (χ2n) is 8.29. The van der Waals surface area contributed by atoms with Crippen LogP contribution in [0.25, 0.3) is 0 Å². The van der Waals surface area contributed by atoms with Crippen LogP contribution in [0.15, 0.2) is 54.2 Å². The largest absolute Gasteiger partial charge is 0.494 e. The van der Waals surface area contributed by atoms with Crippen LogP contribution in [0.3, 0.4) is 0 Å². The van der Waals surface area contributed by atoms with Gasteiger partial charge in [0, 0.05) is 18.7 Å². The quantitative estimate of drug-likeness (QED) is 0.344. The molecule has 0 radical (unpaired) electrons. The molecule has 0 N–H and O–H groups in total. The van der Waals surface area contributed by atoms with Crippen molar-refractivity contribution in [1.82, 2.24) is 4.98 Å². The number of rotatable bonds is 11. The molecule has 7 heteroatoms. The third-order valence-corrected chi connectivity index (χ3v) is 6.58. The molecule has 6 nitrogen and oxygen atoms in total. The topological polar surface area (TPSA) is 60.9 Å². The van der Waals surface area contributed by atoms with Gasteiger partial charge in [-0.15, -0.1) is 11.3 Å². The SMILES string of the molecule is CCCOc1ccc(N2CC(Oc3ccc([C@H](C)CC(=O)c4cncs4)cc3)C2)c(OC)c1. The average Bonchev–Trinajstić information content (AvgIpc) is 3.35. The van der Waals surface area contributed by atoms with Crippen molar-refractivity contribution in [2.75, 3.05) is 31.7 Å². The number of benzene rings is 2. The molecule has 4 rings (SSSR count). The molecule has 2 heterocycles. The van der Waals surface area contributed by atoms with Crippen molar-refractivity contribution in [1.29, 1.82) is 0 Å². The van der Waals surface area contributed by atoms with Gasteiger partial charge >= 0.3 is 0 Å². The third-order valence-electron chi connectivity index (χ3n) is 5.76. The van der Waals surface area contributed by atoms with Crippen molar-refractivity contribution < 1.29 is 19.0 Å². The maximum absolute atomic E-state index is 12.3. The second-order valence-corrected chi connectivity index (χ2v) is 9.18. The highest BCUT2D eigenvalue weighted by atomic mass is 32.1. The molecule has 0 spiro atoms. The minimum absolute atomic E-state index is 0.127. The van der Waals surface area contributed by atoms with Gasteiger partial charge in [-0.2, -0.15) is 0 Å². The first-order valence-corrected chi connectivity index (χ1v) is 12.2. The Bertz CT molecular complexity index is 1050. The van der Waals surface area contributed by atoms with Gasteiger partial charge in [0.05, 0.1) is 42.9 Å². The summed E-state index contributed by atoms with van der Waals surface area (Å²) in [5.74, 6) is 2.77. The number of hydrogen-bond acceptors (Lipinski definition) is 7. The number of carbonyl (C=O) groups excluding carboxylic acids is 1. The van der Waals surface area contributed by atoms with Gasteiger partial charge in [0.1, 0.15) is 23.4 Å². The molecular weight excluding hydrogens is 436 g/mol. The van der Waals surface area contributed by atoms with E-state index in [0.717, 1.165) is 52.9 Å². The van der Waals surface area contributed by atoms with Gasteiger partial charge in [-0.25, -0.2) is 0 Å². The number of aromatic nitrogens is 1. The van der Waals surface area contributed by atoms with Gasteiger partial charge < -0.3 is 19.1 Å². The Labute approximate surface area is 199 Å². The zero-order valence-corrected chi connectivity index (χ0v) is 20.1. The standard InChI is InChI=1S/C26H30N2O4S/c1-4-11-31-21-9-10-23(25(13-21)30-3)28-15-22(16-28)32-20-7-5-19(6-8-20)18(2)12-24(29)26-14-27-17-33-26/h5-10,13-14,17-18,22H,4,11-12,15-16H2,1-3H3/t18-/m1/s1. The maximum Gasteiger partial charge on any atom is 0.175 e. The zero-order chi connectivity index (χ0) is 23.2. The summed E-state index contributed by atoms with van der Waals surface area (Å²) in [6.07, 6.45) is 3.22. The fourth-order valence-electron chi connectivity index (χ4n) is 3.86. The summed E-state index contributed by atoms with van der Waals surface area (Å²) in [6.45, 7) is 6.46. The zero-order valence-electron chi connectivity index (χ0n) is 19.3. The Morgan fingerprint density at radius 1 is 1.18 bits per heavy atom. The summed E-state index contributed by atoms with van der Waals surface area (Å²) < 4.78 is 17.4. The first kappa shape index (κ1) is 23.1. The molecule has 1 aromatic heterocycles. The normalized spacial score (nSPS) is 14.5. The minimum atomic E-state index is 0.127. The van der Waals surface area contributed by atoms with Crippen molar-refractivity contribution >= 4 is 22.8 Å². The van der Waals surface area contributed by atoms with Crippen molar-refractivity contribution in [2.24, 2.45) is 0 Å². The highest BCUT2D eigenvalue weighted by Gasteiger charge is 2.30. The maximum atomic E-state index is 12.3. The van der Waals surface area contributed by atoms with Crippen LogP contribution >= 0.6 is 11.3 Å². The van der Waals surface area contributed by atoms with Crippen molar-refractivity contribution in [3.05, 3.63) is 64.6 Å². The number of anilines is 1. The van der Waals surface area contributed by atoms with Crippen molar-refractivity contribution in [3.8, 4) is 17.2 Å². The lowest BCUT2D eigenvalue weighted by Gasteiger charge is -2.41. The smallest absolute Gasteiger partial charge is 0.175 e. The summed E-state index contributed by atoms with van der Waals surface area (Å²) in [5.41, 5.74) is 3.88. The molecule has 1 aliphatic rings. The molecule has 0 amide bonds. The Morgan fingerprint density at radius 3 is 2.61 bits per heavy atom. The van der Waals surface area contributed by atoms with Gasteiger partial charge in [-0.1, -0.05) is 26.0 Å². The van der Waals surface area contributed by atoms with Crippen molar-refractivity contribution in [3.63, 3.8) is 0 Å². The lowest BCUT2D eigenvalue weighted by molar-refractivity contribution is 0.0979. The molecule has 2 aromatic carbocycles. The Kier molecular flexibility index (Phi) is 7.50. The number of hydrogen-bond donors (Lipinski definition) is 0. The number of thiazole rings is 1. The van der Waals surface area contributed by atoms with Crippen LogP contribution in [0.2, 0.25) is 0 Å². The minimum Gasteiger partial charge on any atom is -0.494 e. The molecule has 33 heavy (non-hydrogen) atoms. The highest BCUT2D eigenvalue weighted by molar-refractivity contribution is 7.11. The summed E-state index contributed by atoms with van der Waals surface area (Å²) in [6, 6.07) is 14.1. The molecule has 3 aromatic rings. The van der Waals surface area contributed by atoms with Crippen LogP contribution in [0.1, 0.15) is 47.8 Å². The highest BCUT2D eigenvalue weighted by Crippen LogP contribution is 2.35. The first-order chi connectivity index (χ1) is 16.1. The van der Waals surface area contributed by atoms with E-state index in [-0.39, 0.29) is 17.8 Å². The predicted molar refractivity (Wildman–Crippen MR) is 131 cm³/mol. The van der Waals surface area contributed by atoms with Gasteiger partial charge in [0.25, 0.3) is 0 Å². The summed E-state index contributed by atoms with van der Waals surface area (Å²) in [7, 11) is 1.68. The fourth-order valence-corrected chi connectivity index (χ4v) is 4.43. The summed E-state index contributed by atoms with van der Waals surface area (Å²) >= 11 is 1.39. The Morgan fingerprint density at radius 2 is 1.94 bits per heavy atom. The number of Topliss-reactive ketones (excluding diaryl/α,β-unsaturated/α-hetero) is 1. The van der Waals surface area contributed by atoms with Crippen LogP contribution in [-0.4, -0.2) is 43.7 Å². The molecule has 1 fully saturated rings. The van der Waals surface area contributed by atoms with E-state index in [4.69, 9.17) is 14.2 Å². The van der Waals surface area contributed by atoms with Gasteiger partial charge in [-0.3, -0.25) is 9.78 Å². The number of carbonyl (C=O) groups is 1. The van der Waals surface area contributed by atoms with Gasteiger partial charge in [-0.05, 0) is 42.2 Å². The Hall–Kier alpha value is -3.06. The number of ketones is 1. The van der Waals surface area contributed by atoms with Crippen molar-refractivity contribution in [2.45, 2.75) is 38.7 Å². The lowest BCUT2D eigenvalue weighted by Crippen LogP contribution is -2.54. The van der Waals surface area contributed by atoms with Crippen LogP contribution in [0.4, 0.5) is 5.69 Å².